The molecule has 0 fully saturated rings. The lowest BCUT2D eigenvalue weighted by Gasteiger charge is -2.09. The second-order valence-corrected chi connectivity index (χ2v) is 7.84. The topological polar surface area (TPSA) is 102 Å². The summed E-state index contributed by atoms with van der Waals surface area (Å²) in [6.45, 7) is 6.96. The summed E-state index contributed by atoms with van der Waals surface area (Å²) in [4.78, 5) is 50.2. The summed E-state index contributed by atoms with van der Waals surface area (Å²) >= 11 is 0.989. The first-order valence-corrected chi connectivity index (χ1v) is 9.87. The van der Waals surface area contributed by atoms with Crippen LogP contribution in [0.15, 0.2) is 0 Å². The van der Waals surface area contributed by atoms with Crippen LogP contribution >= 0.6 is 11.3 Å². The first kappa shape index (κ1) is 23.6. The minimum absolute atomic E-state index is 0.136. The molecule has 0 aliphatic rings. The molecule has 0 saturated heterocycles. The monoisotopic (exact) mass is 412 g/mol. The molecule has 1 aromatic rings. The molecule has 0 spiro atoms. The van der Waals surface area contributed by atoms with E-state index in [-0.39, 0.29) is 29.5 Å². The second kappa shape index (κ2) is 10.8. The number of amides is 2. The average molecular weight is 413 g/mol. The van der Waals surface area contributed by atoms with E-state index >= 15 is 0 Å². The normalized spacial score (nSPS) is 10.5. The smallest absolute Gasteiger partial charge is 0.341 e. The van der Waals surface area contributed by atoms with Gasteiger partial charge in [0.2, 0.25) is 0 Å². The molecule has 9 heteroatoms. The number of nitrogens with zero attached hydrogens (tertiary/aromatic N) is 1. The fraction of sp³-hybridized carbons (Fsp3) is 0.579. The van der Waals surface area contributed by atoms with Crippen molar-refractivity contribution < 1.29 is 28.7 Å². The molecular weight excluding hydrogens is 384 g/mol. The van der Waals surface area contributed by atoms with E-state index in [4.69, 9.17) is 9.47 Å². The highest BCUT2D eigenvalue weighted by molar-refractivity contribution is 7.18. The Kier molecular flexibility index (Phi) is 9.11. The minimum Gasteiger partial charge on any atom is -0.462 e. The Morgan fingerprint density at radius 2 is 1.79 bits per heavy atom. The Balaban J connectivity index is 2.94. The molecule has 1 heterocycles. The van der Waals surface area contributed by atoms with Gasteiger partial charge in [0.1, 0.15) is 5.00 Å². The highest BCUT2D eigenvalue weighted by Gasteiger charge is 2.27. The Hall–Kier alpha value is -2.42. The maximum Gasteiger partial charge on any atom is 0.341 e. The molecule has 0 saturated carbocycles. The van der Waals surface area contributed by atoms with E-state index in [2.05, 4.69) is 5.32 Å². The van der Waals surface area contributed by atoms with Crippen molar-refractivity contribution in [2.45, 2.75) is 40.5 Å². The maximum atomic E-state index is 12.3. The molecule has 0 unspecified atom stereocenters. The summed E-state index contributed by atoms with van der Waals surface area (Å²) in [6.07, 6.45) is 0.909. The minimum atomic E-state index is -0.627. The van der Waals surface area contributed by atoms with E-state index in [1.165, 1.54) is 4.90 Å². The van der Waals surface area contributed by atoms with Gasteiger partial charge in [0.15, 0.2) is 6.61 Å². The van der Waals surface area contributed by atoms with Gasteiger partial charge < -0.3 is 19.7 Å². The Labute approximate surface area is 169 Å². The summed E-state index contributed by atoms with van der Waals surface area (Å²) in [6, 6.07) is 0. The van der Waals surface area contributed by atoms with E-state index in [1.54, 1.807) is 27.9 Å². The second-order valence-electron chi connectivity index (χ2n) is 6.82. The van der Waals surface area contributed by atoms with E-state index in [1.807, 2.05) is 13.8 Å². The molecule has 1 rings (SSSR count). The Morgan fingerprint density at radius 3 is 2.32 bits per heavy atom. The van der Waals surface area contributed by atoms with Crippen LogP contribution in [-0.4, -0.2) is 56.0 Å². The molecule has 0 aromatic carbocycles. The van der Waals surface area contributed by atoms with E-state index in [0.717, 1.165) is 11.3 Å². The molecular formula is C19H28N2O6S. The molecule has 28 heavy (non-hydrogen) atoms. The maximum absolute atomic E-state index is 12.3. The van der Waals surface area contributed by atoms with Gasteiger partial charge in [0, 0.05) is 20.5 Å². The van der Waals surface area contributed by atoms with Crippen LogP contribution in [0, 0.1) is 12.8 Å². The van der Waals surface area contributed by atoms with Crippen LogP contribution in [-0.2, 0) is 19.1 Å². The van der Waals surface area contributed by atoms with Gasteiger partial charge in [-0.05, 0) is 31.7 Å². The van der Waals surface area contributed by atoms with Crippen molar-refractivity contribution in [3.8, 4) is 0 Å². The van der Waals surface area contributed by atoms with Gasteiger partial charge in [0.25, 0.3) is 11.8 Å². The molecule has 0 bridgehead atoms. The number of hydrogen-bond donors (Lipinski definition) is 1. The fourth-order valence-electron chi connectivity index (χ4n) is 2.25. The highest BCUT2D eigenvalue weighted by atomic mass is 32.1. The number of thiophene rings is 1. The van der Waals surface area contributed by atoms with Crippen molar-refractivity contribution in [2.24, 2.45) is 5.92 Å². The first-order valence-electron chi connectivity index (χ1n) is 9.06. The van der Waals surface area contributed by atoms with Crippen LogP contribution in [0.5, 0.6) is 0 Å². The first-order chi connectivity index (χ1) is 13.1. The van der Waals surface area contributed by atoms with Crippen LogP contribution < -0.4 is 5.32 Å². The molecule has 156 valence electrons. The van der Waals surface area contributed by atoms with Crippen molar-refractivity contribution in [2.75, 3.05) is 32.6 Å². The zero-order valence-electron chi connectivity index (χ0n) is 17.2. The molecule has 0 atom stereocenters. The molecule has 0 aliphatic heterocycles. The lowest BCUT2D eigenvalue weighted by molar-refractivity contribution is -0.147. The number of nitrogens with one attached hydrogen (secondary N) is 1. The van der Waals surface area contributed by atoms with Gasteiger partial charge in [-0.15, -0.1) is 11.3 Å². The van der Waals surface area contributed by atoms with Gasteiger partial charge in [-0.25, -0.2) is 4.79 Å². The van der Waals surface area contributed by atoms with Gasteiger partial charge in [-0.1, -0.05) is 13.8 Å². The number of rotatable bonds is 9. The number of hydrogen-bond acceptors (Lipinski definition) is 7. The third-order valence-corrected chi connectivity index (χ3v) is 4.97. The Bertz CT molecular complexity index is 739. The number of carbonyl (C=O) groups excluding carboxylic acids is 4. The van der Waals surface area contributed by atoms with E-state index in [0.29, 0.717) is 22.8 Å². The predicted octanol–water partition coefficient (Wildman–Crippen LogP) is 2.85. The predicted molar refractivity (Wildman–Crippen MR) is 107 cm³/mol. The summed E-state index contributed by atoms with van der Waals surface area (Å²) in [5.74, 6) is -1.60. The Morgan fingerprint density at radius 1 is 1.14 bits per heavy atom. The van der Waals surface area contributed by atoms with Crippen LogP contribution in [0.1, 0.15) is 59.2 Å². The molecule has 1 aromatic heterocycles. The van der Waals surface area contributed by atoms with Crippen LogP contribution in [0.2, 0.25) is 0 Å². The summed E-state index contributed by atoms with van der Waals surface area (Å²) in [5, 5.41) is 2.75. The van der Waals surface area contributed by atoms with E-state index < -0.39 is 24.5 Å². The van der Waals surface area contributed by atoms with Crippen LogP contribution in [0.25, 0.3) is 0 Å². The summed E-state index contributed by atoms with van der Waals surface area (Å²) < 4.78 is 10.0. The van der Waals surface area contributed by atoms with Crippen molar-refractivity contribution in [1.82, 2.24) is 4.90 Å². The standard InChI is InChI=1S/C19H28N2O6S/c1-7-26-19(25)15-12(4)16(18(24)21(5)6)28-17(15)20-13(22)10-27-14(23)9-8-11(2)3/h11H,7-10H2,1-6H3,(H,20,22). The molecule has 8 nitrogen and oxygen atoms in total. The van der Waals surface area contributed by atoms with Gasteiger partial charge in [-0.3, -0.25) is 14.4 Å². The molecule has 1 N–H and O–H groups in total. The largest absolute Gasteiger partial charge is 0.462 e. The van der Waals surface area contributed by atoms with Crippen LogP contribution in [0.4, 0.5) is 5.00 Å². The SMILES string of the molecule is CCOC(=O)c1c(NC(=O)COC(=O)CCC(C)C)sc(C(=O)N(C)C)c1C. The quantitative estimate of drug-likeness (QED) is 0.626. The molecule has 0 radical (unpaired) electrons. The van der Waals surface area contributed by atoms with Crippen molar-refractivity contribution in [3.63, 3.8) is 0 Å². The lowest BCUT2D eigenvalue weighted by atomic mass is 10.1. The van der Waals surface area contributed by atoms with Crippen LogP contribution in [0.3, 0.4) is 0 Å². The summed E-state index contributed by atoms with van der Waals surface area (Å²) in [5.41, 5.74) is 0.572. The third-order valence-electron chi connectivity index (χ3n) is 3.77. The fourth-order valence-corrected chi connectivity index (χ4v) is 3.48. The van der Waals surface area contributed by atoms with Gasteiger partial charge in [-0.2, -0.15) is 0 Å². The summed E-state index contributed by atoms with van der Waals surface area (Å²) in [7, 11) is 3.20. The zero-order chi connectivity index (χ0) is 21.4. The number of ether oxygens (including phenoxy) is 2. The number of esters is 2. The number of anilines is 1. The lowest BCUT2D eigenvalue weighted by Crippen LogP contribution is -2.22. The average Bonchev–Trinajstić information content (AvgIpc) is 2.93. The van der Waals surface area contributed by atoms with Crippen molar-refractivity contribution in [3.05, 3.63) is 16.0 Å². The van der Waals surface area contributed by atoms with Crippen molar-refractivity contribution in [1.29, 1.82) is 0 Å². The van der Waals surface area contributed by atoms with Crippen molar-refractivity contribution >= 4 is 40.1 Å². The van der Waals surface area contributed by atoms with Gasteiger partial charge in [0.05, 0.1) is 17.0 Å². The molecule has 2 amide bonds. The third kappa shape index (κ3) is 6.63. The van der Waals surface area contributed by atoms with E-state index in [9.17, 15) is 19.2 Å². The van der Waals surface area contributed by atoms with Gasteiger partial charge >= 0.3 is 11.9 Å². The zero-order valence-corrected chi connectivity index (χ0v) is 18.0. The molecule has 0 aliphatic carbocycles. The highest BCUT2D eigenvalue weighted by Crippen LogP contribution is 2.34. The number of carbonyl (C=O) groups is 4.